The average molecular weight is 239 g/mol. The fourth-order valence-electron chi connectivity index (χ4n) is 1.56. The van der Waals surface area contributed by atoms with E-state index in [9.17, 15) is 4.79 Å². The molecule has 0 aliphatic carbocycles. The standard InChI is InChI=1S/C11H11ClN2O2/c1-7-10(6-15)11(16)14(13-7)9-4-2-3-8(12)5-9/h2-5,13,15H,6H2,1H3. The molecule has 5 heteroatoms. The van der Waals surface area contributed by atoms with Gasteiger partial charge < -0.3 is 5.11 Å². The number of aliphatic hydroxyl groups is 1. The fraction of sp³-hybridized carbons (Fsp3) is 0.182. The van der Waals surface area contributed by atoms with Gasteiger partial charge in [0.25, 0.3) is 5.56 Å². The lowest BCUT2D eigenvalue weighted by molar-refractivity contribution is 0.280. The lowest BCUT2D eigenvalue weighted by Gasteiger charge is -2.01. The largest absolute Gasteiger partial charge is 0.391 e. The zero-order chi connectivity index (χ0) is 11.7. The van der Waals surface area contributed by atoms with Crippen molar-refractivity contribution in [3.8, 4) is 5.69 Å². The van der Waals surface area contributed by atoms with Crippen molar-refractivity contribution < 1.29 is 5.11 Å². The van der Waals surface area contributed by atoms with Gasteiger partial charge in [-0.1, -0.05) is 17.7 Å². The van der Waals surface area contributed by atoms with Crippen LogP contribution in [0.15, 0.2) is 29.1 Å². The van der Waals surface area contributed by atoms with Crippen molar-refractivity contribution >= 4 is 11.6 Å². The van der Waals surface area contributed by atoms with Crippen molar-refractivity contribution in [2.75, 3.05) is 0 Å². The molecule has 4 nitrogen and oxygen atoms in total. The summed E-state index contributed by atoms with van der Waals surface area (Å²) in [5.41, 5.74) is 1.44. The molecule has 84 valence electrons. The molecule has 0 bridgehead atoms. The Balaban J connectivity index is 2.61. The first-order valence-corrected chi connectivity index (χ1v) is 5.18. The average Bonchev–Trinajstić information content (AvgIpc) is 2.54. The summed E-state index contributed by atoms with van der Waals surface area (Å²) in [4.78, 5) is 11.9. The Morgan fingerprint density at radius 3 is 2.81 bits per heavy atom. The minimum absolute atomic E-state index is 0.248. The molecule has 2 rings (SSSR count). The van der Waals surface area contributed by atoms with Crippen molar-refractivity contribution in [1.29, 1.82) is 0 Å². The van der Waals surface area contributed by atoms with Crippen molar-refractivity contribution in [2.45, 2.75) is 13.5 Å². The van der Waals surface area contributed by atoms with Crippen LogP contribution in [-0.2, 0) is 6.61 Å². The van der Waals surface area contributed by atoms with Crippen LogP contribution < -0.4 is 5.56 Å². The third-order valence-corrected chi connectivity index (χ3v) is 2.65. The number of H-pyrrole nitrogens is 1. The highest BCUT2D eigenvalue weighted by atomic mass is 35.5. The summed E-state index contributed by atoms with van der Waals surface area (Å²) in [6.07, 6.45) is 0. The van der Waals surface area contributed by atoms with Crippen LogP contribution in [0.4, 0.5) is 0 Å². The molecule has 0 spiro atoms. The molecule has 1 heterocycles. The zero-order valence-corrected chi connectivity index (χ0v) is 9.45. The third-order valence-electron chi connectivity index (χ3n) is 2.42. The maximum atomic E-state index is 11.9. The number of nitrogens with zero attached hydrogens (tertiary/aromatic N) is 1. The van der Waals surface area contributed by atoms with Crippen LogP contribution in [0.1, 0.15) is 11.3 Å². The fourth-order valence-corrected chi connectivity index (χ4v) is 1.75. The van der Waals surface area contributed by atoms with Crippen LogP contribution in [0.3, 0.4) is 0 Å². The predicted octanol–water partition coefficient (Wildman–Crippen LogP) is 1.62. The van der Waals surface area contributed by atoms with Gasteiger partial charge >= 0.3 is 0 Å². The van der Waals surface area contributed by atoms with Crippen LogP contribution in [0.2, 0.25) is 5.02 Å². The molecule has 0 unspecified atom stereocenters. The zero-order valence-electron chi connectivity index (χ0n) is 8.70. The summed E-state index contributed by atoms with van der Waals surface area (Å²) in [6.45, 7) is 1.47. The number of rotatable bonds is 2. The van der Waals surface area contributed by atoms with Crippen molar-refractivity contribution in [1.82, 2.24) is 9.78 Å². The highest BCUT2D eigenvalue weighted by molar-refractivity contribution is 6.30. The molecule has 0 fully saturated rings. The highest BCUT2D eigenvalue weighted by Gasteiger charge is 2.10. The molecule has 0 saturated carbocycles. The van der Waals surface area contributed by atoms with Gasteiger partial charge in [0.1, 0.15) is 0 Å². The monoisotopic (exact) mass is 238 g/mol. The molecule has 0 atom stereocenters. The Hall–Kier alpha value is -1.52. The van der Waals surface area contributed by atoms with Crippen molar-refractivity contribution in [2.24, 2.45) is 0 Å². The van der Waals surface area contributed by atoms with Gasteiger partial charge in [-0.25, -0.2) is 4.68 Å². The SMILES string of the molecule is Cc1[nH]n(-c2cccc(Cl)c2)c(=O)c1CO. The number of benzene rings is 1. The number of aromatic amines is 1. The van der Waals surface area contributed by atoms with E-state index in [1.54, 1.807) is 31.2 Å². The molecule has 0 radical (unpaired) electrons. The molecule has 0 aliphatic heterocycles. The summed E-state index contributed by atoms with van der Waals surface area (Å²) < 4.78 is 1.37. The van der Waals surface area contributed by atoms with E-state index in [0.29, 0.717) is 22.0 Å². The van der Waals surface area contributed by atoms with Crippen molar-refractivity contribution in [3.05, 3.63) is 50.9 Å². The van der Waals surface area contributed by atoms with Gasteiger partial charge in [0.05, 0.1) is 17.9 Å². The summed E-state index contributed by atoms with van der Waals surface area (Å²) in [5.74, 6) is 0. The second-order valence-corrected chi connectivity index (χ2v) is 3.93. The molecule has 0 saturated heterocycles. The van der Waals surface area contributed by atoms with E-state index in [2.05, 4.69) is 5.10 Å². The number of aryl methyl sites for hydroxylation is 1. The van der Waals surface area contributed by atoms with E-state index in [-0.39, 0.29) is 12.2 Å². The van der Waals surface area contributed by atoms with Crippen LogP contribution in [0, 0.1) is 6.92 Å². The number of halogens is 1. The van der Waals surface area contributed by atoms with E-state index in [4.69, 9.17) is 16.7 Å². The quantitative estimate of drug-likeness (QED) is 0.835. The number of nitrogens with one attached hydrogen (secondary N) is 1. The summed E-state index contributed by atoms with van der Waals surface area (Å²) in [6, 6.07) is 6.95. The van der Waals surface area contributed by atoms with Gasteiger partial charge in [-0.05, 0) is 25.1 Å². The molecule has 1 aromatic heterocycles. The third kappa shape index (κ3) is 1.77. The Morgan fingerprint density at radius 2 is 2.25 bits per heavy atom. The Labute approximate surface area is 97.1 Å². The van der Waals surface area contributed by atoms with Crippen LogP contribution >= 0.6 is 11.6 Å². The van der Waals surface area contributed by atoms with Gasteiger partial charge in [0.15, 0.2) is 0 Å². The van der Waals surface area contributed by atoms with Crippen LogP contribution in [0.25, 0.3) is 5.69 Å². The summed E-state index contributed by atoms with van der Waals surface area (Å²) in [5, 5.41) is 12.5. The second-order valence-electron chi connectivity index (χ2n) is 3.49. The maximum Gasteiger partial charge on any atom is 0.277 e. The number of aromatic nitrogens is 2. The maximum absolute atomic E-state index is 11.9. The summed E-state index contributed by atoms with van der Waals surface area (Å²) in [7, 11) is 0. The lowest BCUT2D eigenvalue weighted by atomic mass is 10.3. The lowest BCUT2D eigenvalue weighted by Crippen LogP contribution is -2.17. The number of hydrogen-bond acceptors (Lipinski definition) is 2. The van der Waals surface area contributed by atoms with E-state index in [0.717, 1.165) is 0 Å². The molecule has 0 aliphatic rings. The van der Waals surface area contributed by atoms with Gasteiger partial charge in [-0.3, -0.25) is 9.89 Å². The van der Waals surface area contributed by atoms with Crippen LogP contribution in [0.5, 0.6) is 0 Å². The van der Waals surface area contributed by atoms with Gasteiger partial charge in [0, 0.05) is 10.7 Å². The van der Waals surface area contributed by atoms with Crippen LogP contribution in [-0.4, -0.2) is 14.9 Å². The highest BCUT2D eigenvalue weighted by Crippen LogP contribution is 2.13. The number of aliphatic hydroxyl groups excluding tert-OH is 1. The van der Waals surface area contributed by atoms with Gasteiger partial charge in [-0.2, -0.15) is 0 Å². The Morgan fingerprint density at radius 1 is 1.50 bits per heavy atom. The van der Waals surface area contributed by atoms with Crippen molar-refractivity contribution in [3.63, 3.8) is 0 Å². The topological polar surface area (TPSA) is 58.0 Å². The van der Waals surface area contributed by atoms with Gasteiger partial charge in [0.2, 0.25) is 0 Å². The van der Waals surface area contributed by atoms with E-state index >= 15 is 0 Å². The first-order chi connectivity index (χ1) is 7.63. The smallest absolute Gasteiger partial charge is 0.277 e. The number of hydrogen-bond donors (Lipinski definition) is 2. The Bertz CT molecular complexity index is 572. The first kappa shape index (κ1) is 11.0. The molecule has 2 N–H and O–H groups in total. The molecular weight excluding hydrogens is 228 g/mol. The summed E-state index contributed by atoms with van der Waals surface area (Å²) >= 11 is 5.85. The van der Waals surface area contributed by atoms with E-state index in [1.807, 2.05) is 0 Å². The molecule has 2 aromatic rings. The molecular formula is C11H11ClN2O2. The molecule has 16 heavy (non-hydrogen) atoms. The van der Waals surface area contributed by atoms with E-state index in [1.165, 1.54) is 4.68 Å². The second kappa shape index (κ2) is 4.15. The van der Waals surface area contributed by atoms with Gasteiger partial charge in [-0.15, -0.1) is 0 Å². The first-order valence-electron chi connectivity index (χ1n) is 4.81. The van der Waals surface area contributed by atoms with E-state index < -0.39 is 0 Å². The molecule has 1 aromatic carbocycles. The normalized spacial score (nSPS) is 10.7. The minimum atomic E-state index is -0.269. The molecule has 0 amide bonds. The minimum Gasteiger partial charge on any atom is -0.391 e. The predicted molar refractivity (Wildman–Crippen MR) is 62.1 cm³/mol. The Kier molecular flexibility index (Phi) is 2.85.